The van der Waals surface area contributed by atoms with Crippen molar-refractivity contribution < 1.29 is 14.3 Å². The number of benzene rings is 8. The number of carbonyl (C=O) groups is 2. The maximum absolute atomic E-state index is 13.6. The molecule has 2 unspecified atom stereocenters. The van der Waals surface area contributed by atoms with E-state index in [2.05, 4.69) is 97.1 Å². The van der Waals surface area contributed by atoms with Crippen molar-refractivity contribution >= 4 is 35.0 Å². The number of rotatable bonds is 4. The lowest BCUT2D eigenvalue weighted by Gasteiger charge is -2.24. The van der Waals surface area contributed by atoms with Gasteiger partial charge in [-0.3, -0.25) is 9.69 Å². The molecule has 5 nitrogen and oxygen atoms in total. The molecule has 2 atom stereocenters. The van der Waals surface area contributed by atoms with E-state index in [4.69, 9.17) is 16.3 Å². The zero-order chi connectivity index (χ0) is 40.8. The van der Waals surface area contributed by atoms with Crippen LogP contribution in [-0.4, -0.2) is 12.0 Å². The SMILES string of the molecule is O=C(Oc1ccccc1)N1Cc2ccccc2C(c2ccccc2)c2ccccc21.O=C(c1ccc(Cl)cc1)N1Cc2ccccc2C(c2ccccc2)c2ccccc21. The molecule has 8 aromatic rings. The van der Waals surface area contributed by atoms with E-state index >= 15 is 0 Å². The van der Waals surface area contributed by atoms with E-state index in [1.165, 1.54) is 22.3 Å². The number of amides is 2. The molecule has 0 fully saturated rings. The quantitative estimate of drug-likeness (QED) is 0.178. The van der Waals surface area contributed by atoms with Gasteiger partial charge >= 0.3 is 6.09 Å². The summed E-state index contributed by atoms with van der Waals surface area (Å²) in [5.74, 6) is 0.634. The molecular formula is C54H41ClN2O3. The third-order valence-electron chi connectivity index (χ3n) is 11.2. The molecule has 0 bridgehead atoms. The van der Waals surface area contributed by atoms with Crippen LogP contribution in [0.15, 0.2) is 212 Å². The monoisotopic (exact) mass is 800 g/mol. The van der Waals surface area contributed by atoms with Gasteiger partial charge in [-0.1, -0.05) is 175 Å². The van der Waals surface area contributed by atoms with Crippen LogP contribution >= 0.6 is 11.6 Å². The first-order valence-electron chi connectivity index (χ1n) is 20.1. The highest BCUT2D eigenvalue weighted by atomic mass is 35.5. The molecule has 292 valence electrons. The summed E-state index contributed by atoms with van der Waals surface area (Å²) < 4.78 is 5.71. The van der Waals surface area contributed by atoms with Gasteiger partial charge in [0.2, 0.25) is 0 Å². The second kappa shape index (κ2) is 17.3. The third-order valence-corrected chi connectivity index (χ3v) is 11.5. The number of fused-ring (bicyclic) bond motifs is 4. The topological polar surface area (TPSA) is 49.9 Å². The average molecular weight is 801 g/mol. The molecule has 2 aliphatic heterocycles. The predicted molar refractivity (Wildman–Crippen MR) is 241 cm³/mol. The Kier molecular flexibility index (Phi) is 11.1. The molecule has 0 spiro atoms. The fourth-order valence-electron chi connectivity index (χ4n) is 8.47. The van der Waals surface area contributed by atoms with E-state index in [0.717, 1.165) is 33.6 Å². The normalized spacial score (nSPS) is 15.0. The first-order chi connectivity index (χ1) is 29.5. The lowest BCUT2D eigenvalue weighted by Crippen LogP contribution is -2.33. The number of halogens is 1. The minimum Gasteiger partial charge on any atom is -0.410 e. The van der Waals surface area contributed by atoms with Crippen LogP contribution in [0.1, 0.15) is 66.7 Å². The summed E-state index contributed by atoms with van der Waals surface area (Å²) in [6.07, 6.45) is -0.378. The lowest BCUT2D eigenvalue weighted by atomic mass is 9.83. The van der Waals surface area contributed by atoms with Crippen molar-refractivity contribution in [1.29, 1.82) is 0 Å². The summed E-state index contributed by atoms with van der Waals surface area (Å²) >= 11 is 6.04. The number of carbonyl (C=O) groups excluding carboxylic acids is 2. The molecule has 0 aliphatic carbocycles. The smallest absolute Gasteiger partial charge is 0.410 e. The van der Waals surface area contributed by atoms with Gasteiger partial charge in [0, 0.05) is 28.1 Å². The van der Waals surface area contributed by atoms with Crippen molar-refractivity contribution in [3.63, 3.8) is 0 Å². The average Bonchev–Trinajstić information content (AvgIpc) is 3.55. The van der Waals surface area contributed by atoms with Crippen molar-refractivity contribution in [2.45, 2.75) is 24.9 Å². The third kappa shape index (κ3) is 7.83. The Bertz CT molecular complexity index is 2760. The van der Waals surface area contributed by atoms with Gasteiger partial charge in [-0.15, -0.1) is 0 Å². The van der Waals surface area contributed by atoms with Crippen LogP contribution in [0.2, 0.25) is 5.02 Å². The maximum atomic E-state index is 13.6. The van der Waals surface area contributed by atoms with Crippen LogP contribution < -0.4 is 14.5 Å². The molecule has 8 aromatic carbocycles. The summed E-state index contributed by atoms with van der Waals surface area (Å²) in [6, 6.07) is 70.4. The minimum atomic E-state index is -0.378. The Hall–Kier alpha value is -7.21. The number of anilines is 2. The van der Waals surface area contributed by atoms with E-state index in [1.807, 2.05) is 83.8 Å². The second-order valence-electron chi connectivity index (χ2n) is 14.9. The molecule has 0 aromatic heterocycles. The van der Waals surface area contributed by atoms with Crippen molar-refractivity contribution in [2.75, 3.05) is 9.80 Å². The van der Waals surface area contributed by atoms with Gasteiger partial charge < -0.3 is 9.64 Å². The lowest BCUT2D eigenvalue weighted by molar-refractivity contribution is 0.0985. The minimum absolute atomic E-state index is 0.0253. The van der Waals surface area contributed by atoms with Crippen molar-refractivity contribution in [3.05, 3.63) is 267 Å². The van der Waals surface area contributed by atoms with E-state index < -0.39 is 0 Å². The molecule has 0 saturated heterocycles. The summed E-state index contributed by atoms with van der Waals surface area (Å²) in [7, 11) is 0. The highest BCUT2D eigenvalue weighted by molar-refractivity contribution is 6.30. The van der Waals surface area contributed by atoms with Gasteiger partial charge in [0.15, 0.2) is 0 Å². The zero-order valence-electron chi connectivity index (χ0n) is 32.8. The molecule has 2 aliphatic rings. The van der Waals surface area contributed by atoms with Gasteiger partial charge in [0.05, 0.1) is 18.8 Å². The largest absolute Gasteiger partial charge is 0.420 e. The molecule has 0 N–H and O–H groups in total. The summed E-state index contributed by atoms with van der Waals surface area (Å²) in [5, 5.41) is 0.623. The van der Waals surface area contributed by atoms with Crippen LogP contribution in [0.25, 0.3) is 0 Å². The van der Waals surface area contributed by atoms with Gasteiger partial charge in [-0.05, 0) is 93.0 Å². The maximum Gasteiger partial charge on any atom is 0.420 e. The summed E-state index contributed by atoms with van der Waals surface area (Å²) in [6.45, 7) is 0.986. The zero-order valence-corrected chi connectivity index (χ0v) is 33.5. The van der Waals surface area contributed by atoms with Crippen LogP contribution in [0, 0.1) is 0 Å². The van der Waals surface area contributed by atoms with Gasteiger partial charge in [0.1, 0.15) is 5.75 Å². The van der Waals surface area contributed by atoms with E-state index in [0.29, 0.717) is 29.4 Å². The molecule has 0 saturated carbocycles. The molecule has 60 heavy (non-hydrogen) atoms. The van der Waals surface area contributed by atoms with Crippen molar-refractivity contribution in [3.8, 4) is 5.75 Å². The fourth-order valence-corrected chi connectivity index (χ4v) is 8.59. The van der Waals surface area contributed by atoms with Crippen LogP contribution in [0.5, 0.6) is 5.75 Å². The van der Waals surface area contributed by atoms with Crippen molar-refractivity contribution in [1.82, 2.24) is 0 Å². The van der Waals surface area contributed by atoms with E-state index in [9.17, 15) is 9.59 Å². The Balaban J connectivity index is 0.000000154. The second-order valence-corrected chi connectivity index (χ2v) is 15.3. The number of hydrogen-bond acceptors (Lipinski definition) is 3. The number of para-hydroxylation sites is 3. The summed E-state index contributed by atoms with van der Waals surface area (Å²) in [4.78, 5) is 30.4. The van der Waals surface area contributed by atoms with E-state index in [-0.39, 0.29) is 23.8 Å². The standard InChI is InChI=1S/C27H20ClNO.C27H21NO2/c28-22-16-14-20(15-17-22)27(30)29-18-21-10-4-5-11-23(21)26(19-8-2-1-3-9-19)24-12-6-7-13-25(24)29;29-27(30-22-14-5-2-6-15-22)28-19-21-13-7-8-16-23(21)26(20-11-3-1-4-12-20)24-17-9-10-18-25(24)28/h1-17,26H,18H2;1-18,26H,19H2. The first kappa shape index (κ1) is 38.3. The van der Waals surface area contributed by atoms with Crippen LogP contribution in [0.3, 0.4) is 0 Å². The molecule has 2 heterocycles. The highest BCUT2D eigenvalue weighted by Crippen LogP contribution is 2.44. The van der Waals surface area contributed by atoms with E-state index in [1.54, 1.807) is 41.3 Å². The Morgan fingerprint density at radius 3 is 1.35 bits per heavy atom. The van der Waals surface area contributed by atoms with Gasteiger partial charge in [-0.2, -0.15) is 0 Å². The Labute approximate surface area is 355 Å². The molecule has 6 heteroatoms. The predicted octanol–water partition coefficient (Wildman–Crippen LogP) is 13.1. The Morgan fingerprint density at radius 2 is 0.833 bits per heavy atom. The highest BCUT2D eigenvalue weighted by Gasteiger charge is 2.33. The Morgan fingerprint density at radius 1 is 0.433 bits per heavy atom. The van der Waals surface area contributed by atoms with Gasteiger partial charge in [0.25, 0.3) is 5.91 Å². The van der Waals surface area contributed by atoms with Crippen LogP contribution in [0.4, 0.5) is 16.2 Å². The summed E-state index contributed by atoms with van der Waals surface area (Å²) in [5.41, 5.74) is 11.8. The number of ether oxygens (including phenoxy) is 1. The van der Waals surface area contributed by atoms with Crippen LogP contribution in [-0.2, 0) is 13.1 Å². The number of nitrogens with zero attached hydrogens (tertiary/aromatic N) is 2. The van der Waals surface area contributed by atoms with Gasteiger partial charge in [-0.25, -0.2) is 4.79 Å². The molecule has 2 amide bonds. The first-order valence-corrected chi connectivity index (χ1v) is 20.5. The fraction of sp³-hybridized carbons (Fsp3) is 0.0741. The molecule has 0 radical (unpaired) electrons. The molecule has 10 rings (SSSR count). The number of hydrogen-bond donors (Lipinski definition) is 0. The van der Waals surface area contributed by atoms with Crippen molar-refractivity contribution in [2.24, 2.45) is 0 Å². The molecular weight excluding hydrogens is 760 g/mol.